The van der Waals surface area contributed by atoms with E-state index in [0.29, 0.717) is 12.5 Å². The fourth-order valence-corrected chi connectivity index (χ4v) is 3.27. The summed E-state index contributed by atoms with van der Waals surface area (Å²) < 4.78 is 47.1. The first-order valence-electron chi connectivity index (χ1n) is 9.72. The molecule has 0 spiro atoms. The highest BCUT2D eigenvalue weighted by Gasteiger charge is 2.44. The smallest absolute Gasteiger partial charge is 0.422 e. The molecule has 2 aromatic carbocycles. The van der Waals surface area contributed by atoms with Crippen LogP contribution in [0.15, 0.2) is 53.5 Å². The SMILES string of the molecule is CN=C(NCc1ccc(OCC(F)(F)F)c(OC)c1)NCC1(c2ccccc2)CC1.I. The molecule has 0 bridgehead atoms. The third kappa shape index (κ3) is 7.19. The second-order valence-electron chi connectivity index (χ2n) is 7.31. The predicted octanol–water partition coefficient (Wildman–Crippen LogP) is 4.65. The van der Waals surface area contributed by atoms with Gasteiger partial charge in [0.1, 0.15) is 0 Å². The number of hydrogen-bond acceptors (Lipinski definition) is 3. The van der Waals surface area contributed by atoms with Crippen LogP contribution < -0.4 is 20.1 Å². The molecule has 2 aromatic rings. The molecule has 1 aliphatic carbocycles. The zero-order chi connectivity index (χ0) is 21.6. The van der Waals surface area contributed by atoms with Crippen LogP contribution in [0.1, 0.15) is 24.0 Å². The fourth-order valence-electron chi connectivity index (χ4n) is 3.27. The van der Waals surface area contributed by atoms with Gasteiger partial charge in [-0.2, -0.15) is 13.2 Å². The summed E-state index contributed by atoms with van der Waals surface area (Å²) in [5.74, 6) is 0.968. The van der Waals surface area contributed by atoms with Crippen LogP contribution in [0.25, 0.3) is 0 Å². The molecule has 1 aliphatic rings. The molecule has 2 N–H and O–H groups in total. The molecule has 1 saturated carbocycles. The maximum atomic E-state index is 12.4. The summed E-state index contributed by atoms with van der Waals surface area (Å²) in [5.41, 5.74) is 2.31. The zero-order valence-electron chi connectivity index (χ0n) is 17.5. The Bertz CT molecular complexity index is 872. The Morgan fingerprint density at radius 2 is 1.77 bits per heavy atom. The average Bonchev–Trinajstić information content (AvgIpc) is 3.54. The second-order valence-corrected chi connectivity index (χ2v) is 7.31. The van der Waals surface area contributed by atoms with Crippen LogP contribution in [0.5, 0.6) is 11.5 Å². The van der Waals surface area contributed by atoms with Crippen molar-refractivity contribution in [2.24, 2.45) is 4.99 Å². The molecule has 3 rings (SSSR count). The van der Waals surface area contributed by atoms with Crippen molar-refractivity contribution in [3.8, 4) is 11.5 Å². The van der Waals surface area contributed by atoms with Crippen LogP contribution in [-0.2, 0) is 12.0 Å². The summed E-state index contributed by atoms with van der Waals surface area (Å²) in [5, 5.41) is 6.60. The molecular weight excluding hydrogens is 522 g/mol. The first-order valence-corrected chi connectivity index (χ1v) is 9.72. The highest BCUT2D eigenvalue weighted by Crippen LogP contribution is 2.47. The van der Waals surface area contributed by atoms with Gasteiger partial charge >= 0.3 is 6.18 Å². The Morgan fingerprint density at radius 3 is 2.35 bits per heavy atom. The highest BCUT2D eigenvalue weighted by molar-refractivity contribution is 14.0. The molecule has 0 heterocycles. The van der Waals surface area contributed by atoms with Crippen LogP contribution in [0, 0.1) is 0 Å². The van der Waals surface area contributed by atoms with Crippen molar-refractivity contribution in [3.05, 3.63) is 59.7 Å². The minimum atomic E-state index is -4.40. The van der Waals surface area contributed by atoms with Gasteiger partial charge in [0.2, 0.25) is 0 Å². The molecular formula is C22H27F3IN3O2. The number of methoxy groups -OCH3 is 1. The van der Waals surface area contributed by atoms with Crippen LogP contribution in [0.3, 0.4) is 0 Å². The van der Waals surface area contributed by atoms with Gasteiger partial charge in [0.15, 0.2) is 24.1 Å². The quantitative estimate of drug-likeness (QED) is 0.286. The van der Waals surface area contributed by atoms with Gasteiger partial charge in [-0.05, 0) is 36.1 Å². The summed E-state index contributed by atoms with van der Waals surface area (Å²) in [6.45, 7) is -0.140. The van der Waals surface area contributed by atoms with Gasteiger partial charge in [0.25, 0.3) is 0 Å². The molecule has 0 atom stereocenters. The van der Waals surface area contributed by atoms with Crippen molar-refractivity contribution in [3.63, 3.8) is 0 Å². The average molecular weight is 549 g/mol. The van der Waals surface area contributed by atoms with Crippen molar-refractivity contribution in [1.29, 1.82) is 0 Å². The van der Waals surface area contributed by atoms with Crippen LogP contribution >= 0.6 is 24.0 Å². The van der Waals surface area contributed by atoms with Crippen molar-refractivity contribution < 1.29 is 22.6 Å². The van der Waals surface area contributed by atoms with E-state index in [4.69, 9.17) is 9.47 Å². The summed E-state index contributed by atoms with van der Waals surface area (Å²) in [4.78, 5) is 4.26. The summed E-state index contributed by atoms with van der Waals surface area (Å²) >= 11 is 0. The number of halogens is 4. The van der Waals surface area contributed by atoms with E-state index in [0.717, 1.165) is 24.9 Å². The fraction of sp³-hybridized carbons (Fsp3) is 0.409. The number of guanidine groups is 1. The monoisotopic (exact) mass is 549 g/mol. The minimum Gasteiger partial charge on any atom is -0.493 e. The molecule has 5 nitrogen and oxygen atoms in total. The standard InChI is InChI=1S/C22H26F3N3O2.HI/c1-26-20(28-14-21(10-11-21)17-6-4-3-5-7-17)27-13-16-8-9-18(19(12-16)29-2)30-15-22(23,24)25;/h3-9,12H,10-11,13-15H2,1-2H3,(H2,26,27,28);1H. The Kier molecular flexibility index (Phi) is 8.84. The van der Waals surface area contributed by atoms with E-state index in [1.165, 1.54) is 18.7 Å². The number of ether oxygens (including phenoxy) is 2. The molecule has 0 amide bonds. The van der Waals surface area contributed by atoms with E-state index in [-0.39, 0.29) is 40.9 Å². The Balaban J connectivity index is 0.00000341. The van der Waals surface area contributed by atoms with Crippen LogP contribution in [-0.4, -0.2) is 39.4 Å². The first kappa shape index (κ1) is 25.1. The second kappa shape index (κ2) is 10.9. The third-order valence-corrected chi connectivity index (χ3v) is 5.14. The number of alkyl halides is 3. The van der Waals surface area contributed by atoms with E-state index >= 15 is 0 Å². The van der Waals surface area contributed by atoms with Gasteiger partial charge in [-0.25, -0.2) is 0 Å². The van der Waals surface area contributed by atoms with Crippen molar-refractivity contribution in [2.45, 2.75) is 31.0 Å². The molecule has 0 unspecified atom stereocenters. The number of hydrogen-bond donors (Lipinski definition) is 2. The lowest BCUT2D eigenvalue weighted by Crippen LogP contribution is -2.40. The summed E-state index contributed by atoms with van der Waals surface area (Å²) in [7, 11) is 3.10. The van der Waals surface area contributed by atoms with Crippen LogP contribution in [0.4, 0.5) is 13.2 Å². The molecule has 0 aromatic heterocycles. The first-order chi connectivity index (χ1) is 14.3. The van der Waals surface area contributed by atoms with Crippen LogP contribution in [0.2, 0.25) is 0 Å². The lowest BCUT2D eigenvalue weighted by molar-refractivity contribution is -0.153. The zero-order valence-corrected chi connectivity index (χ0v) is 19.8. The van der Waals surface area contributed by atoms with E-state index in [1.807, 2.05) is 6.07 Å². The van der Waals surface area contributed by atoms with Gasteiger partial charge in [0.05, 0.1) is 7.11 Å². The van der Waals surface area contributed by atoms with Gasteiger partial charge in [-0.1, -0.05) is 36.4 Å². The molecule has 1 fully saturated rings. The summed E-state index contributed by atoms with van der Waals surface area (Å²) in [6, 6.07) is 15.3. The number of nitrogens with zero attached hydrogens (tertiary/aromatic N) is 1. The summed E-state index contributed by atoms with van der Waals surface area (Å²) in [6.07, 6.45) is -2.13. The van der Waals surface area contributed by atoms with Gasteiger partial charge in [0, 0.05) is 25.6 Å². The van der Waals surface area contributed by atoms with Crippen molar-refractivity contribution in [2.75, 3.05) is 27.3 Å². The lowest BCUT2D eigenvalue weighted by Gasteiger charge is -2.19. The topological polar surface area (TPSA) is 54.9 Å². The molecule has 0 aliphatic heterocycles. The van der Waals surface area contributed by atoms with Gasteiger partial charge in [-0.3, -0.25) is 4.99 Å². The van der Waals surface area contributed by atoms with E-state index in [2.05, 4.69) is 39.9 Å². The molecule has 9 heteroatoms. The van der Waals surface area contributed by atoms with Gasteiger partial charge in [-0.15, -0.1) is 24.0 Å². The van der Waals surface area contributed by atoms with Gasteiger partial charge < -0.3 is 20.1 Å². The Labute approximate surface area is 197 Å². The third-order valence-electron chi connectivity index (χ3n) is 5.14. The Morgan fingerprint density at radius 1 is 1.06 bits per heavy atom. The number of benzene rings is 2. The van der Waals surface area contributed by atoms with E-state index in [1.54, 1.807) is 19.2 Å². The molecule has 0 radical (unpaired) electrons. The maximum Gasteiger partial charge on any atom is 0.422 e. The Hall–Kier alpha value is -2.17. The van der Waals surface area contributed by atoms with E-state index < -0.39 is 12.8 Å². The maximum absolute atomic E-state index is 12.4. The molecule has 31 heavy (non-hydrogen) atoms. The number of aliphatic imine (C=N–C) groups is 1. The largest absolute Gasteiger partial charge is 0.493 e. The minimum absolute atomic E-state index is 0. The normalized spacial score (nSPS) is 14.9. The lowest BCUT2D eigenvalue weighted by atomic mass is 9.96. The molecule has 0 saturated heterocycles. The predicted molar refractivity (Wildman–Crippen MR) is 126 cm³/mol. The molecule has 170 valence electrons. The highest BCUT2D eigenvalue weighted by atomic mass is 127. The number of rotatable bonds is 8. The van der Waals surface area contributed by atoms with E-state index in [9.17, 15) is 13.2 Å². The van der Waals surface area contributed by atoms with Crippen molar-refractivity contribution >= 4 is 29.9 Å². The van der Waals surface area contributed by atoms with Crippen molar-refractivity contribution in [1.82, 2.24) is 10.6 Å². The number of nitrogens with one attached hydrogen (secondary N) is 2.